The summed E-state index contributed by atoms with van der Waals surface area (Å²) in [7, 11) is 0. The van der Waals surface area contributed by atoms with Crippen LogP contribution in [0.15, 0.2) is 162 Å². The SMILES string of the molecule is [2H]c1c([2H])c([2H])c(-c2ccc3oc4ccc(-c5c6ccccc6c(-c6cccc7ccccc67)c6ccccc56)cc4c3c2)c([2H])c1[2H]. The standard InChI is InChI=1S/C42H26O/c1-2-11-27(12-3-1)29-21-23-39-37(25-29)38-26-30(22-24-40(38)43-39)41-33-16-6-8-18-35(33)42(36-19-9-7-17-34(36)41)32-20-10-14-28-13-4-5-15-31(28)32/h1-26H/i1D,2D,3D,11D,12D. The van der Waals surface area contributed by atoms with Crippen molar-refractivity contribution in [2.45, 2.75) is 0 Å². The minimum atomic E-state index is -0.404. The molecular weight excluding hydrogens is 520 g/mol. The maximum Gasteiger partial charge on any atom is 0.135 e. The Labute approximate surface area is 256 Å². The first-order valence-electron chi connectivity index (χ1n) is 16.9. The van der Waals surface area contributed by atoms with E-state index in [2.05, 4.69) is 103 Å². The second-order valence-corrected chi connectivity index (χ2v) is 10.9. The van der Waals surface area contributed by atoms with Gasteiger partial charge in [0.05, 0.1) is 6.85 Å². The van der Waals surface area contributed by atoms with Gasteiger partial charge >= 0.3 is 0 Å². The summed E-state index contributed by atoms with van der Waals surface area (Å²) in [5, 5.41) is 8.75. The van der Waals surface area contributed by atoms with Crippen molar-refractivity contribution in [3.05, 3.63) is 158 Å². The molecule has 0 radical (unpaired) electrons. The van der Waals surface area contributed by atoms with Gasteiger partial charge in [0.25, 0.3) is 0 Å². The lowest BCUT2D eigenvalue weighted by Crippen LogP contribution is -1.91. The minimum Gasteiger partial charge on any atom is -0.456 e. The Kier molecular flexibility index (Phi) is 4.27. The predicted octanol–water partition coefficient (Wildman–Crippen LogP) is 12.0. The highest BCUT2D eigenvalue weighted by Gasteiger charge is 2.19. The lowest BCUT2D eigenvalue weighted by atomic mass is 9.84. The third-order valence-electron chi connectivity index (χ3n) is 8.54. The van der Waals surface area contributed by atoms with Gasteiger partial charge in [0.15, 0.2) is 0 Å². The lowest BCUT2D eigenvalue weighted by molar-refractivity contribution is 0.669. The second kappa shape index (κ2) is 9.44. The molecule has 200 valence electrons. The minimum absolute atomic E-state index is 0.175. The molecule has 9 aromatic rings. The van der Waals surface area contributed by atoms with Crippen LogP contribution >= 0.6 is 0 Å². The van der Waals surface area contributed by atoms with E-state index in [0.717, 1.165) is 32.7 Å². The summed E-state index contributed by atoms with van der Waals surface area (Å²) in [5.41, 5.74) is 6.67. The molecule has 0 saturated carbocycles. The molecule has 0 saturated heterocycles. The Balaban J connectivity index is 1.32. The molecule has 0 N–H and O–H groups in total. The van der Waals surface area contributed by atoms with Crippen LogP contribution in [0.1, 0.15) is 6.85 Å². The Morgan fingerprint density at radius 3 is 1.60 bits per heavy atom. The fourth-order valence-electron chi connectivity index (χ4n) is 6.66. The fraction of sp³-hybridized carbons (Fsp3) is 0. The summed E-state index contributed by atoms with van der Waals surface area (Å²) in [6.07, 6.45) is 0. The van der Waals surface area contributed by atoms with Gasteiger partial charge in [0, 0.05) is 10.8 Å². The average molecular weight is 552 g/mol. The number of hydrogen-bond acceptors (Lipinski definition) is 1. The molecule has 9 rings (SSSR count). The molecule has 8 aromatic carbocycles. The number of hydrogen-bond donors (Lipinski definition) is 0. The van der Waals surface area contributed by atoms with Gasteiger partial charge in [-0.05, 0) is 90.0 Å². The average Bonchev–Trinajstić information content (AvgIpc) is 3.49. The quantitative estimate of drug-likeness (QED) is 0.199. The summed E-state index contributed by atoms with van der Waals surface area (Å²) in [6.45, 7) is 0. The highest BCUT2D eigenvalue weighted by molar-refractivity contribution is 6.24. The van der Waals surface area contributed by atoms with Crippen LogP contribution in [0.5, 0.6) is 0 Å². The number of rotatable bonds is 3. The third kappa shape index (κ3) is 3.72. The van der Waals surface area contributed by atoms with Crippen LogP contribution in [0.4, 0.5) is 0 Å². The molecule has 0 aliphatic heterocycles. The van der Waals surface area contributed by atoms with Crippen molar-refractivity contribution < 1.29 is 11.3 Å². The van der Waals surface area contributed by atoms with Crippen molar-refractivity contribution in [1.82, 2.24) is 0 Å². The molecule has 0 spiro atoms. The maximum atomic E-state index is 8.53. The van der Waals surface area contributed by atoms with Gasteiger partial charge in [0.1, 0.15) is 11.2 Å². The van der Waals surface area contributed by atoms with Crippen LogP contribution in [0, 0.1) is 0 Å². The van der Waals surface area contributed by atoms with E-state index in [0.29, 0.717) is 16.7 Å². The largest absolute Gasteiger partial charge is 0.456 e. The molecule has 1 nitrogen and oxygen atoms in total. The van der Waals surface area contributed by atoms with E-state index in [1.54, 1.807) is 6.07 Å². The first-order valence-corrected chi connectivity index (χ1v) is 14.4. The normalized spacial score (nSPS) is 13.3. The van der Waals surface area contributed by atoms with Crippen molar-refractivity contribution in [1.29, 1.82) is 0 Å². The highest BCUT2D eigenvalue weighted by atomic mass is 16.3. The van der Waals surface area contributed by atoms with Gasteiger partial charge in [-0.25, -0.2) is 0 Å². The Hall–Kier alpha value is -5.66. The van der Waals surface area contributed by atoms with Crippen molar-refractivity contribution >= 4 is 54.3 Å². The smallest absolute Gasteiger partial charge is 0.135 e. The first kappa shape index (κ1) is 19.5. The van der Waals surface area contributed by atoms with Gasteiger partial charge in [-0.3, -0.25) is 0 Å². The van der Waals surface area contributed by atoms with Crippen LogP contribution in [0.3, 0.4) is 0 Å². The van der Waals surface area contributed by atoms with Gasteiger partial charge < -0.3 is 4.42 Å². The summed E-state index contributed by atoms with van der Waals surface area (Å²) in [4.78, 5) is 0. The van der Waals surface area contributed by atoms with E-state index in [1.165, 1.54) is 32.7 Å². The van der Waals surface area contributed by atoms with E-state index in [-0.39, 0.29) is 29.7 Å². The molecule has 1 heteroatoms. The molecule has 0 aliphatic rings. The Morgan fingerprint density at radius 2 is 0.930 bits per heavy atom. The van der Waals surface area contributed by atoms with Crippen molar-refractivity contribution in [3.8, 4) is 33.4 Å². The first-order chi connectivity index (χ1) is 23.4. The van der Waals surface area contributed by atoms with Crippen molar-refractivity contribution in [2.75, 3.05) is 0 Å². The molecule has 0 atom stereocenters. The lowest BCUT2D eigenvalue weighted by Gasteiger charge is -2.18. The van der Waals surface area contributed by atoms with Crippen molar-refractivity contribution in [3.63, 3.8) is 0 Å². The Bertz CT molecular complexity index is 2700. The summed E-state index contributed by atoms with van der Waals surface area (Å²) < 4.78 is 47.7. The van der Waals surface area contributed by atoms with E-state index in [9.17, 15) is 0 Å². The molecule has 0 aliphatic carbocycles. The number of furan rings is 1. The molecule has 0 amide bonds. The van der Waals surface area contributed by atoms with Crippen LogP contribution in [0.25, 0.3) is 87.6 Å². The van der Waals surface area contributed by atoms with E-state index in [1.807, 2.05) is 18.2 Å². The van der Waals surface area contributed by atoms with Crippen LogP contribution in [-0.2, 0) is 0 Å². The molecule has 0 bridgehead atoms. The van der Waals surface area contributed by atoms with Gasteiger partial charge in [-0.15, -0.1) is 0 Å². The molecule has 1 heterocycles. The molecule has 43 heavy (non-hydrogen) atoms. The topological polar surface area (TPSA) is 13.1 Å². The van der Waals surface area contributed by atoms with Gasteiger partial charge in [0.2, 0.25) is 0 Å². The van der Waals surface area contributed by atoms with Crippen LogP contribution in [-0.4, -0.2) is 0 Å². The number of benzene rings is 8. The highest BCUT2D eigenvalue weighted by Crippen LogP contribution is 2.46. The fourth-order valence-corrected chi connectivity index (χ4v) is 6.66. The zero-order valence-corrected chi connectivity index (χ0v) is 23.0. The molecule has 1 aromatic heterocycles. The van der Waals surface area contributed by atoms with Gasteiger partial charge in [-0.1, -0.05) is 133 Å². The monoisotopic (exact) mass is 551 g/mol. The third-order valence-corrected chi connectivity index (χ3v) is 8.54. The summed E-state index contributed by atoms with van der Waals surface area (Å²) >= 11 is 0. The van der Waals surface area contributed by atoms with Crippen molar-refractivity contribution in [2.24, 2.45) is 0 Å². The Morgan fingerprint density at radius 1 is 0.395 bits per heavy atom. The van der Waals surface area contributed by atoms with E-state index < -0.39 is 6.04 Å². The van der Waals surface area contributed by atoms with Gasteiger partial charge in [-0.2, -0.15) is 0 Å². The van der Waals surface area contributed by atoms with E-state index >= 15 is 0 Å². The van der Waals surface area contributed by atoms with Crippen LogP contribution in [0.2, 0.25) is 0 Å². The molecular formula is C42H26O. The number of fused-ring (bicyclic) bond motifs is 6. The maximum absolute atomic E-state index is 8.53. The zero-order chi connectivity index (χ0) is 32.7. The predicted molar refractivity (Wildman–Crippen MR) is 183 cm³/mol. The summed E-state index contributed by atoms with van der Waals surface area (Å²) in [5.74, 6) is 0. The molecule has 0 fully saturated rings. The van der Waals surface area contributed by atoms with Crippen LogP contribution < -0.4 is 0 Å². The molecule has 0 unspecified atom stereocenters. The van der Waals surface area contributed by atoms with E-state index in [4.69, 9.17) is 11.3 Å². The zero-order valence-electron chi connectivity index (χ0n) is 28.0. The second-order valence-electron chi connectivity index (χ2n) is 10.9. The summed E-state index contributed by atoms with van der Waals surface area (Å²) in [6, 6.07) is 42.4.